The number of sulfonamides is 1. The van der Waals surface area contributed by atoms with Gasteiger partial charge in [0.15, 0.2) is 0 Å². The summed E-state index contributed by atoms with van der Waals surface area (Å²) in [5, 5.41) is 3.01. The Balaban J connectivity index is 2.17. The van der Waals surface area contributed by atoms with Gasteiger partial charge in [0.25, 0.3) is 0 Å². The first kappa shape index (κ1) is 16.1. The molecule has 0 spiro atoms. The maximum atomic E-state index is 12.4. The molecular weight excluding hydrogens is 316 g/mol. The van der Waals surface area contributed by atoms with Crippen LogP contribution in [0.1, 0.15) is 19.8 Å². The molecule has 2 N–H and O–H groups in total. The van der Waals surface area contributed by atoms with Crippen LogP contribution < -0.4 is 14.8 Å². The summed E-state index contributed by atoms with van der Waals surface area (Å²) in [6.07, 6.45) is 1.88. The molecule has 0 aliphatic heterocycles. The highest BCUT2D eigenvalue weighted by atomic mass is 35.5. The number of hydrogen-bond acceptors (Lipinski definition) is 4. The lowest BCUT2D eigenvalue weighted by atomic mass is 10.3. The molecule has 0 saturated heterocycles. The summed E-state index contributed by atoms with van der Waals surface area (Å²) in [5.41, 5.74) is 0. The van der Waals surface area contributed by atoms with E-state index in [0.29, 0.717) is 0 Å². The maximum absolute atomic E-state index is 12.4. The van der Waals surface area contributed by atoms with Gasteiger partial charge in [0, 0.05) is 11.1 Å². The van der Waals surface area contributed by atoms with E-state index in [1.54, 1.807) is 0 Å². The largest absolute Gasteiger partial charge is 0.495 e. The highest BCUT2D eigenvalue weighted by molar-refractivity contribution is 7.89. The van der Waals surface area contributed by atoms with Crippen molar-refractivity contribution < 1.29 is 17.9 Å². The smallest absolute Gasteiger partial charge is 0.245 e. The summed E-state index contributed by atoms with van der Waals surface area (Å²) in [5.74, 6) is -0.177. The predicted octanol–water partition coefficient (Wildman–Crippen LogP) is 1.29. The zero-order chi connectivity index (χ0) is 15.6. The van der Waals surface area contributed by atoms with E-state index in [1.807, 2.05) is 0 Å². The number of benzene rings is 1. The molecule has 1 unspecified atom stereocenters. The Kier molecular flexibility index (Phi) is 4.75. The minimum Gasteiger partial charge on any atom is -0.495 e. The van der Waals surface area contributed by atoms with Gasteiger partial charge in [0.2, 0.25) is 15.9 Å². The van der Waals surface area contributed by atoms with E-state index in [4.69, 9.17) is 16.3 Å². The number of nitrogens with one attached hydrogen (secondary N) is 2. The summed E-state index contributed by atoms with van der Waals surface area (Å²) in [6, 6.07) is 3.58. The summed E-state index contributed by atoms with van der Waals surface area (Å²) in [6.45, 7) is 1.49. The van der Waals surface area contributed by atoms with Crippen molar-refractivity contribution in [2.24, 2.45) is 0 Å². The Morgan fingerprint density at radius 1 is 1.43 bits per heavy atom. The minimum atomic E-state index is -3.91. The Morgan fingerprint density at radius 2 is 2.10 bits per heavy atom. The second kappa shape index (κ2) is 6.21. The zero-order valence-corrected chi connectivity index (χ0v) is 13.3. The van der Waals surface area contributed by atoms with E-state index in [9.17, 15) is 13.2 Å². The highest BCUT2D eigenvalue weighted by Crippen LogP contribution is 2.27. The first-order valence-corrected chi connectivity index (χ1v) is 8.36. The molecule has 116 valence electrons. The average Bonchev–Trinajstić information content (AvgIpc) is 3.22. The quantitative estimate of drug-likeness (QED) is 0.822. The van der Waals surface area contributed by atoms with Crippen LogP contribution in [0, 0.1) is 0 Å². The maximum Gasteiger partial charge on any atom is 0.245 e. The molecule has 1 saturated carbocycles. The van der Waals surface area contributed by atoms with Crippen LogP contribution in [-0.4, -0.2) is 33.5 Å². The summed E-state index contributed by atoms with van der Waals surface area (Å²) < 4.78 is 32.1. The summed E-state index contributed by atoms with van der Waals surface area (Å²) in [7, 11) is -2.54. The number of ether oxygens (including phenoxy) is 1. The normalized spacial score (nSPS) is 16.3. The van der Waals surface area contributed by atoms with Crippen LogP contribution in [0.4, 0.5) is 0 Å². The van der Waals surface area contributed by atoms with E-state index >= 15 is 0 Å². The Labute approximate surface area is 128 Å². The number of halogens is 1. The van der Waals surface area contributed by atoms with Gasteiger partial charge in [-0.1, -0.05) is 11.6 Å². The monoisotopic (exact) mass is 332 g/mol. The van der Waals surface area contributed by atoms with Crippen LogP contribution in [0.2, 0.25) is 5.02 Å². The number of carbonyl (C=O) groups is 1. The summed E-state index contributed by atoms with van der Waals surface area (Å²) in [4.78, 5) is 11.7. The van der Waals surface area contributed by atoms with Crippen molar-refractivity contribution in [3.8, 4) is 5.75 Å². The fraction of sp³-hybridized carbons (Fsp3) is 0.462. The highest BCUT2D eigenvalue weighted by Gasteiger charge is 2.29. The molecule has 6 nitrogen and oxygen atoms in total. The lowest BCUT2D eigenvalue weighted by molar-refractivity contribution is -0.122. The van der Waals surface area contributed by atoms with Gasteiger partial charge in [0.05, 0.1) is 13.2 Å². The molecular formula is C13H17ClN2O4S. The van der Waals surface area contributed by atoms with E-state index in [0.717, 1.165) is 12.8 Å². The van der Waals surface area contributed by atoms with Crippen LogP contribution in [-0.2, 0) is 14.8 Å². The van der Waals surface area contributed by atoms with Gasteiger partial charge in [0.1, 0.15) is 10.6 Å². The first-order valence-electron chi connectivity index (χ1n) is 6.49. The average molecular weight is 333 g/mol. The number of carbonyl (C=O) groups excluding carboxylic acids is 1. The topological polar surface area (TPSA) is 84.5 Å². The van der Waals surface area contributed by atoms with Crippen LogP contribution in [0.3, 0.4) is 0 Å². The molecule has 0 heterocycles. The van der Waals surface area contributed by atoms with E-state index in [2.05, 4.69) is 10.0 Å². The van der Waals surface area contributed by atoms with Crippen LogP contribution in [0.15, 0.2) is 23.1 Å². The van der Waals surface area contributed by atoms with Gasteiger partial charge < -0.3 is 10.1 Å². The molecule has 1 aromatic rings. The standard InChI is InChI=1S/C13H17ClN2O4S/c1-8(13(17)15-10-4-5-10)16-21(18,19)12-7-9(14)3-6-11(12)20-2/h3,6-8,10,16H,4-5H2,1-2H3,(H,15,17). The van der Waals surface area contributed by atoms with Crippen LogP contribution in [0.25, 0.3) is 0 Å². The zero-order valence-electron chi connectivity index (χ0n) is 11.7. The molecule has 1 aliphatic rings. The predicted molar refractivity (Wildman–Crippen MR) is 79.0 cm³/mol. The molecule has 0 bridgehead atoms. The second-order valence-electron chi connectivity index (χ2n) is 4.92. The lowest BCUT2D eigenvalue weighted by Crippen LogP contribution is -2.45. The Morgan fingerprint density at radius 3 is 2.67 bits per heavy atom. The molecule has 2 rings (SSSR count). The van der Waals surface area contributed by atoms with Gasteiger partial charge in [-0.15, -0.1) is 0 Å². The second-order valence-corrected chi connectivity index (χ2v) is 7.04. The number of amides is 1. The fourth-order valence-electron chi connectivity index (χ4n) is 1.76. The van der Waals surface area contributed by atoms with Crippen LogP contribution >= 0.6 is 11.6 Å². The molecule has 21 heavy (non-hydrogen) atoms. The van der Waals surface area contributed by atoms with Crippen molar-refractivity contribution in [2.45, 2.75) is 36.7 Å². The molecule has 1 aromatic carbocycles. The van der Waals surface area contributed by atoms with Crippen molar-refractivity contribution >= 4 is 27.5 Å². The molecule has 1 atom stereocenters. The molecule has 1 amide bonds. The van der Waals surface area contributed by atoms with Gasteiger partial charge in [-0.2, -0.15) is 4.72 Å². The van der Waals surface area contributed by atoms with Gasteiger partial charge >= 0.3 is 0 Å². The third-order valence-electron chi connectivity index (χ3n) is 3.06. The number of hydrogen-bond donors (Lipinski definition) is 2. The Bertz CT molecular complexity index is 644. The third kappa shape index (κ3) is 4.09. The fourth-order valence-corrected chi connectivity index (χ4v) is 3.40. The molecule has 0 radical (unpaired) electrons. The van der Waals surface area contributed by atoms with E-state index in [1.165, 1.54) is 32.2 Å². The number of rotatable bonds is 6. The third-order valence-corrected chi connectivity index (χ3v) is 4.86. The first-order chi connectivity index (χ1) is 9.83. The molecule has 1 fully saturated rings. The lowest BCUT2D eigenvalue weighted by Gasteiger charge is -2.16. The number of methoxy groups -OCH3 is 1. The van der Waals surface area contributed by atoms with Crippen molar-refractivity contribution in [1.82, 2.24) is 10.0 Å². The van der Waals surface area contributed by atoms with Gasteiger partial charge in [-0.3, -0.25) is 4.79 Å². The molecule has 0 aromatic heterocycles. The minimum absolute atomic E-state index is 0.0939. The van der Waals surface area contributed by atoms with Crippen molar-refractivity contribution in [3.05, 3.63) is 23.2 Å². The molecule has 8 heteroatoms. The Hall–Kier alpha value is -1.31. The van der Waals surface area contributed by atoms with Crippen molar-refractivity contribution in [3.63, 3.8) is 0 Å². The van der Waals surface area contributed by atoms with Gasteiger partial charge in [-0.05, 0) is 38.0 Å². The molecule has 1 aliphatic carbocycles. The van der Waals surface area contributed by atoms with Gasteiger partial charge in [-0.25, -0.2) is 8.42 Å². The SMILES string of the molecule is COc1ccc(Cl)cc1S(=O)(=O)NC(C)C(=O)NC1CC1. The van der Waals surface area contributed by atoms with Crippen molar-refractivity contribution in [1.29, 1.82) is 0 Å². The van der Waals surface area contributed by atoms with Crippen molar-refractivity contribution in [2.75, 3.05) is 7.11 Å². The van der Waals surface area contributed by atoms with Crippen LogP contribution in [0.5, 0.6) is 5.75 Å². The summed E-state index contributed by atoms with van der Waals surface area (Å²) >= 11 is 5.83. The van der Waals surface area contributed by atoms with E-state index < -0.39 is 16.1 Å². The van der Waals surface area contributed by atoms with E-state index in [-0.39, 0.29) is 27.6 Å².